The van der Waals surface area contributed by atoms with Crippen LogP contribution < -0.4 is 5.32 Å². The van der Waals surface area contributed by atoms with Crippen LogP contribution in [0.15, 0.2) is 30.4 Å². The Morgan fingerprint density at radius 2 is 1.70 bits per heavy atom. The fraction of sp³-hybridized carbons (Fsp3) is 0.450. The van der Waals surface area contributed by atoms with Gasteiger partial charge < -0.3 is 5.32 Å². The number of imide groups is 1. The lowest BCUT2D eigenvalue weighted by molar-refractivity contribution is -0.146. The van der Waals surface area contributed by atoms with Gasteiger partial charge in [0.2, 0.25) is 17.7 Å². The molecule has 5 nitrogen and oxygen atoms in total. The first-order valence-corrected chi connectivity index (χ1v) is 9.96. The molecule has 7 heteroatoms. The molecule has 2 bridgehead atoms. The number of likely N-dealkylation sites (tertiary alicyclic amines) is 1. The minimum atomic E-state index is -0.902. The van der Waals surface area contributed by atoms with Gasteiger partial charge in [0.15, 0.2) is 0 Å². The van der Waals surface area contributed by atoms with Crippen molar-refractivity contribution in [2.45, 2.75) is 19.4 Å². The SMILES string of the molecule is CC(C(=O)Nc1cccc(Cl)c1Cl)N1C(=O)C2C3C=CC(C4CC34)C2C1=O. The highest BCUT2D eigenvalue weighted by Gasteiger charge is 2.67. The van der Waals surface area contributed by atoms with Gasteiger partial charge in [0.1, 0.15) is 6.04 Å². The van der Waals surface area contributed by atoms with Gasteiger partial charge in [-0.2, -0.15) is 0 Å². The van der Waals surface area contributed by atoms with Gasteiger partial charge in [0.25, 0.3) is 0 Å². The second-order valence-electron chi connectivity index (χ2n) is 7.97. The molecule has 0 spiro atoms. The van der Waals surface area contributed by atoms with Crippen molar-refractivity contribution in [3.05, 3.63) is 40.4 Å². The van der Waals surface area contributed by atoms with Crippen molar-refractivity contribution in [3.8, 4) is 0 Å². The van der Waals surface area contributed by atoms with Crippen molar-refractivity contribution in [2.75, 3.05) is 5.32 Å². The van der Waals surface area contributed by atoms with Crippen LogP contribution in [0.3, 0.4) is 0 Å². The molecule has 1 saturated heterocycles. The molecule has 6 rings (SSSR count). The quantitative estimate of drug-likeness (QED) is 0.620. The fourth-order valence-corrected chi connectivity index (χ4v) is 5.66. The zero-order valence-corrected chi connectivity index (χ0v) is 16.1. The summed E-state index contributed by atoms with van der Waals surface area (Å²) in [6, 6.07) is 4.02. The van der Waals surface area contributed by atoms with E-state index < -0.39 is 11.9 Å². The molecular weight excluding hydrogens is 387 g/mol. The summed E-state index contributed by atoms with van der Waals surface area (Å²) in [6.45, 7) is 1.58. The van der Waals surface area contributed by atoms with E-state index in [0.29, 0.717) is 22.5 Å². The molecule has 27 heavy (non-hydrogen) atoms. The molecule has 1 aromatic carbocycles. The second-order valence-corrected chi connectivity index (χ2v) is 8.75. The number of hydrogen-bond donors (Lipinski definition) is 1. The third-order valence-electron chi connectivity index (χ3n) is 6.67. The van der Waals surface area contributed by atoms with Crippen LogP contribution >= 0.6 is 23.2 Å². The van der Waals surface area contributed by atoms with Crippen molar-refractivity contribution in [1.82, 2.24) is 4.90 Å². The normalized spacial score (nSPS) is 36.5. The van der Waals surface area contributed by atoms with E-state index in [2.05, 4.69) is 17.5 Å². The summed E-state index contributed by atoms with van der Waals surface area (Å²) >= 11 is 12.1. The number of amides is 3. The Hall–Kier alpha value is -1.85. The Kier molecular flexibility index (Phi) is 3.72. The van der Waals surface area contributed by atoms with E-state index in [0.717, 1.165) is 6.42 Å². The van der Waals surface area contributed by atoms with Crippen LogP contribution in [0.25, 0.3) is 0 Å². The van der Waals surface area contributed by atoms with Crippen LogP contribution in [0.5, 0.6) is 0 Å². The van der Waals surface area contributed by atoms with Crippen LogP contribution in [0, 0.1) is 35.5 Å². The molecule has 0 radical (unpaired) electrons. The van der Waals surface area contributed by atoms with Gasteiger partial charge in [0, 0.05) is 0 Å². The maximum absolute atomic E-state index is 13.1. The summed E-state index contributed by atoms with van der Waals surface area (Å²) in [5.74, 6) is -0.135. The van der Waals surface area contributed by atoms with Crippen LogP contribution in [-0.4, -0.2) is 28.7 Å². The van der Waals surface area contributed by atoms with Gasteiger partial charge in [-0.25, -0.2) is 0 Å². The smallest absolute Gasteiger partial charge is 0.247 e. The van der Waals surface area contributed by atoms with Gasteiger partial charge in [-0.15, -0.1) is 0 Å². The van der Waals surface area contributed by atoms with Crippen LogP contribution in [0.2, 0.25) is 10.0 Å². The molecule has 7 unspecified atom stereocenters. The van der Waals surface area contributed by atoms with Gasteiger partial charge in [-0.3, -0.25) is 19.3 Å². The average molecular weight is 405 g/mol. The number of anilines is 1. The van der Waals surface area contributed by atoms with Gasteiger partial charge >= 0.3 is 0 Å². The maximum atomic E-state index is 13.1. The second kappa shape index (κ2) is 5.82. The molecule has 2 saturated carbocycles. The number of rotatable bonds is 3. The number of nitrogens with one attached hydrogen (secondary N) is 1. The number of halogens is 2. The Labute approximate surface area is 166 Å². The van der Waals surface area contributed by atoms with E-state index >= 15 is 0 Å². The van der Waals surface area contributed by atoms with Crippen LogP contribution in [-0.2, 0) is 14.4 Å². The molecule has 1 aliphatic heterocycles. The molecule has 1 aromatic rings. The van der Waals surface area contributed by atoms with Crippen molar-refractivity contribution < 1.29 is 14.4 Å². The molecule has 0 aromatic heterocycles. The van der Waals surface area contributed by atoms with Crippen LogP contribution in [0.4, 0.5) is 5.69 Å². The summed E-state index contributed by atoms with van der Waals surface area (Å²) in [5.41, 5.74) is 0.362. The maximum Gasteiger partial charge on any atom is 0.247 e. The lowest BCUT2D eigenvalue weighted by Gasteiger charge is -2.37. The van der Waals surface area contributed by atoms with E-state index in [1.54, 1.807) is 25.1 Å². The number of carbonyl (C=O) groups excluding carboxylic acids is 3. The summed E-state index contributed by atoms with van der Waals surface area (Å²) in [5, 5.41) is 3.24. The van der Waals surface area contributed by atoms with E-state index in [4.69, 9.17) is 23.2 Å². The molecule has 5 aliphatic rings. The van der Waals surface area contributed by atoms with E-state index in [1.165, 1.54) is 4.90 Å². The molecule has 7 atom stereocenters. The van der Waals surface area contributed by atoms with Gasteiger partial charge in [0.05, 0.1) is 27.6 Å². The number of carbonyl (C=O) groups is 3. The van der Waals surface area contributed by atoms with Crippen molar-refractivity contribution in [2.24, 2.45) is 35.5 Å². The first-order valence-electron chi connectivity index (χ1n) is 9.20. The Morgan fingerprint density at radius 1 is 1.11 bits per heavy atom. The molecule has 4 aliphatic carbocycles. The van der Waals surface area contributed by atoms with Gasteiger partial charge in [-0.05, 0) is 49.1 Å². The summed E-state index contributed by atoms with van der Waals surface area (Å²) in [7, 11) is 0. The van der Waals surface area contributed by atoms with E-state index in [1.807, 2.05) is 0 Å². The third kappa shape index (κ3) is 2.34. The lowest BCUT2D eigenvalue weighted by Crippen LogP contribution is -2.46. The molecule has 3 fully saturated rings. The summed E-state index contributed by atoms with van der Waals surface area (Å²) in [6.07, 6.45) is 5.34. The van der Waals surface area contributed by atoms with E-state index in [9.17, 15) is 14.4 Å². The number of benzene rings is 1. The standard InChI is InChI=1S/C20H18Cl2N2O3/c1-8(18(25)23-14-4-2-3-13(21)17(14)22)24-19(26)15-9-5-6-10(12-7-11(9)12)16(15)20(24)27/h2-6,8-12,15-16H,7H2,1H3,(H,23,25). The first kappa shape index (κ1) is 17.3. The van der Waals surface area contributed by atoms with Gasteiger partial charge in [-0.1, -0.05) is 41.4 Å². The Bertz CT molecular complexity index is 878. The summed E-state index contributed by atoms with van der Waals surface area (Å²) in [4.78, 5) is 40.0. The Balaban J connectivity index is 1.39. The monoisotopic (exact) mass is 404 g/mol. The molecule has 3 amide bonds. The first-order chi connectivity index (χ1) is 12.9. The zero-order chi connectivity index (χ0) is 19.0. The third-order valence-corrected chi connectivity index (χ3v) is 7.49. The van der Waals surface area contributed by atoms with E-state index in [-0.39, 0.29) is 40.5 Å². The highest BCUT2D eigenvalue weighted by atomic mass is 35.5. The number of hydrogen-bond acceptors (Lipinski definition) is 3. The molecule has 1 heterocycles. The van der Waals surface area contributed by atoms with Crippen molar-refractivity contribution >= 4 is 46.6 Å². The van der Waals surface area contributed by atoms with Crippen LogP contribution in [0.1, 0.15) is 13.3 Å². The Morgan fingerprint density at radius 3 is 2.30 bits per heavy atom. The zero-order valence-electron chi connectivity index (χ0n) is 14.6. The molecular formula is C20H18Cl2N2O3. The molecule has 140 valence electrons. The fourth-order valence-electron chi connectivity index (χ4n) is 5.32. The lowest BCUT2D eigenvalue weighted by atomic mass is 9.63. The highest BCUT2D eigenvalue weighted by Crippen LogP contribution is 2.65. The minimum Gasteiger partial charge on any atom is -0.323 e. The number of allylic oxidation sites excluding steroid dienone is 2. The predicted molar refractivity (Wildman–Crippen MR) is 101 cm³/mol. The average Bonchev–Trinajstić information content (AvgIpc) is 3.42. The topological polar surface area (TPSA) is 66.5 Å². The predicted octanol–water partition coefficient (Wildman–Crippen LogP) is 3.37. The van der Waals surface area contributed by atoms with Crippen molar-refractivity contribution in [3.63, 3.8) is 0 Å². The minimum absolute atomic E-state index is 0.143. The van der Waals surface area contributed by atoms with Crippen molar-refractivity contribution in [1.29, 1.82) is 0 Å². The number of nitrogens with zero attached hydrogens (tertiary/aromatic N) is 1. The highest BCUT2D eigenvalue weighted by molar-refractivity contribution is 6.44. The summed E-state index contributed by atoms with van der Waals surface area (Å²) < 4.78 is 0. The largest absolute Gasteiger partial charge is 0.323 e. The molecule has 1 N–H and O–H groups in total.